The molecule has 0 aromatic rings. The summed E-state index contributed by atoms with van der Waals surface area (Å²) in [5.41, 5.74) is 0. The number of carbonyl (C=O) groups excluding carboxylic acids is 1. The van der Waals surface area contributed by atoms with Crippen LogP contribution < -0.4 is 10.2 Å². The van der Waals surface area contributed by atoms with E-state index in [1.54, 1.807) is 0 Å². The van der Waals surface area contributed by atoms with E-state index < -0.39 is 20.0 Å². The summed E-state index contributed by atoms with van der Waals surface area (Å²) in [6, 6.07) is 0. The highest BCUT2D eigenvalue weighted by Crippen LogP contribution is 2.40. The van der Waals surface area contributed by atoms with Crippen molar-refractivity contribution >= 4 is 13.9 Å². The fourth-order valence-electron chi connectivity index (χ4n) is 3.26. The molecule has 0 spiro atoms. The number of quaternary nitrogens is 1. The van der Waals surface area contributed by atoms with Gasteiger partial charge in [-0.15, -0.1) is 0 Å². The molecule has 0 bridgehead atoms. The molecule has 9 heteroatoms. The van der Waals surface area contributed by atoms with Crippen molar-refractivity contribution in [2.24, 2.45) is 0 Å². The topological polar surface area (TPSA) is 96.9 Å². The van der Waals surface area contributed by atoms with Crippen molar-refractivity contribution in [3.8, 4) is 0 Å². The number of unbranched alkanes of at least 4 members (excludes halogenated alkanes) is 11. The van der Waals surface area contributed by atoms with Crippen LogP contribution in [0.1, 0.15) is 90.4 Å². The molecule has 0 saturated carbocycles. The smallest absolute Gasteiger partial charge is 0.406 e. The van der Waals surface area contributed by atoms with Crippen LogP contribution in [0.15, 0.2) is 0 Å². The number of carbonyl (C=O) groups is 1. The second kappa shape index (κ2) is 18.7. The van der Waals surface area contributed by atoms with Gasteiger partial charge in [0, 0.05) is 7.05 Å². The summed E-state index contributed by atoms with van der Waals surface area (Å²) in [4.78, 5) is 23.5. The van der Waals surface area contributed by atoms with Crippen LogP contribution >= 0.6 is 7.82 Å². The molecule has 0 fully saturated rings. The molecule has 0 aliphatic heterocycles. The molecule has 1 N–H and O–H groups in total. The average Bonchev–Trinajstić information content (AvgIpc) is 2.70. The van der Waals surface area contributed by atoms with E-state index in [0.717, 1.165) is 19.3 Å². The number of phosphoric acid groups is 1. The van der Waals surface area contributed by atoms with Gasteiger partial charge < -0.3 is 28.5 Å². The molecule has 1 amide bonds. The summed E-state index contributed by atoms with van der Waals surface area (Å²) >= 11 is 0. The molecule has 0 aliphatic rings. The maximum atomic E-state index is 12.2. The Morgan fingerprint density at radius 1 is 0.938 bits per heavy atom. The first-order chi connectivity index (χ1) is 15.1. The minimum atomic E-state index is -4.46. The van der Waals surface area contributed by atoms with E-state index in [1.165, 1.54) is 64.8 Å². The summed E-state index contributed by atoms with van der Waals surface area (Å²) in [6.45, 7) is 2.70. The van der Waals surface area contributed by atoms with E-state index in [-0.39, 0.29) is 13.2 Å². The number of nitrogens with one attached hydrogen (secondary N) is 1. The van der Waals surface area contributed by atoms with Gasteiger partial charge in [0.25, 0.3) is 7.82 Å². The molecule has 0 aliphatic carbocycles. The summed E-state index contributed by atoms with van der Waals surface area (Å²) in [6.07, 6.45) is 13.9. The molecule has 0 rings (SSSR count). The predicted molar refractivity (Wildman–Crippen MR) is 127 cm³/mol. The van der Waals surface area contributed by atoms with E-state index in [9.17, 15) is 14.3 Å². The SMILES string of the molecule is CCCCCCCCCCCCCCC(COC(=O)NC)OP(=O)([O-])OCC[N+](C)(C)C. The summed E-state index contributed by atoms with van der Waals surface area (Å²) in [5.74, 6) is 0. The molecule has 0 saturated heterocycles. The fraction of sp³-hybridized carbons (Fsp3) is 0.957. The van der Waals surface area contributed by atoms with Crippen LogP contribution in [0.5, 0.6) is 0 Å². The number of alkyl carbamates (subject to hydrolysis) is 1. The van der Waals surface area contributed by atoms with Crippen molar-refractivity contribution in [2.75, 3.05) is 47.9 Å². The maximum absolute atomic E-state index is 12.2. The first-order valence-electron chi connectivity index (χ1n) is 12.4. The van der Waals surface area contributed by atoms with Crippen LogP contribution in [0.3, 0.4) is 0 Å². The molecule has 0 aromatic carbocycles. The number of nitrogens with zero attached hydrogens (tertiary/aromatic N) is 1. The fourth-order valence-corrected chi connectivity index (χ4v) is 4.16. The Morgan fingerprint density at radius 2 is 1.44 bits per heavy atom. The highest BCUT2D eigenvalue weighted by Gasteiger charge is 2.21. The van der Waals surface area contributed by atoms with Gasteiger partial charge in [-0.1, -0.05) is 84.0 Å². The number of phosphoric ester groups is 1. The first kappa shape index (κ1) is 31.3. The number of rotatable bonds is 21. The zero-order valence-corrected chi connectivity index (χ0v) is 22.1. The molecule has 32 heavy (non-hydrogen) atoms. The van der Waals surface area contributed by atoms with E-state index in [4.69, 9.17) is 13.8 Å². The normalized spacial score (nSPS) is 14.7. The van der Waals surface area contributed by atoms with E-state index >= 15 is 0 Å². The van der Waals surface area contributed by atoms with E-state index in [0.29, 0.717) is 17.4 Å². The van der Waals surface area contributed by atoms with Crippen molar-refractivity contribution in [1.29, 1.82) is 0 Å². The van der Waals surface area contributed by atoms with Gasteiger partial charge in [-0.25, -0.2) is 4.79 Å². The van der Waals surface area contributed by atoms with Gasteiger partial charge >= 0.3 is 6.09 Å². The Labute approximate surface area is 196 Å². The van der Waals surface area contributed by atoms with E-state index in [1.807, 2.05) is 21.1 Å². The molecule has 2 atom stereocenters. The molecule has 192 valence electrons. The van der Waals surface area contributed by atoms with Gasteiger partial charge in [-0.05, 0) is 6.42 Å². The largest absolute Gasteiger partial charge is 0.756 e. The lowest BCUT2D eigenvalue weighted by Gasteiger charge is -2.30. The predicted octanol–water partition coefficient (Wildman–Crippen LogP) is 5.01. The number of amides is 1. The maximum Gasteiger partial charge on any atom is 0.406 e. The standard InChI is InChI=1S/C23H49N2O6P/c1-6-7-8-9-10-11-12-13-14-15-16-17-18-22(21-29-23(26)24-2)31-32(27,28)30-20-19-25(3,4)5/h22H,6-21H2,1-5H3,(H-,24,26,27,28). The first-order valence-corrected chi connectivity index (χ1v) is 13.8. The third-order valence-electron chi connectivity index (χ3n) is 5.27. The molecule has 0 heterocycles. The van der Waals surface area contributed by atoms with Crippen LogP contribution in [-0.4, -0.2) is 64.6 Å². The minimum Gasteiger partial charge on any atom is -0.756 e. The quantitative estimate of drug-likeness (QED) is 0.141. The zero-order valence-electron chi connectivity index (χ0n) is 21.2. The van der Waals surface area contributed by atoms with Crippen molar-refractivity contribution in [3.63, 3.8) is 0 Å². The molecular weight excluding hydrogens is 431 g/mol. The second-order valence-corrected chi connectivity index (χ2v) is 10.9. The monoisotopic (exact) mass is 480 g/mol. The lowest BCUT2D eigenvalue weighted by molar-refractivity contribution is -0.870. The van der Waals surface area contributed by atoms with Crippen LogP contribution in [-0.2, 0) is 18.3 Å². The minimum absolute atomic E-state index is 0.0475. The molecule has 2 unspecified atom stereocenters. The number of hydrogen-bond acceptors (Lipinski definition) is 6. The van der Waals surface area contributed by atoms with Gasteiger partial charge in [0.05, 0.1) is 21.1 Å². The van der Waals surface area contributed by atoms with Crippen LogP contribution in [0.2, 0.25) is 0 Å². The van der Waals surface area contributed by atoms with Crippen molar-refractivity contribution in [3.05, 3.63) is 0 Å². The third kappa shape index (κ3) is 21.2. The third-order valence-corrected chi connectivity index (χ3v) is 6.33. The van der Waals surface area contributed by atoms with Gasteiger partial charge in [-0.3, -0.25) is 4.57 Å². The van der Waals surface area contributed by atoms with Crippen LogP contribution in [0.4, 0.5) is 4.79 Å². The van der Waals surface area contributed by atoms with Crippen molar-refractivity contribution in [1.82, 2.24) is 5.32 Å². The van der Waals surface area contributed by atoms with Gasteiger partial charge in [0.1, 0.15) is 25.9 Å². The zero-order chi connectivity index (χ0) is 24.3. The van der Waals surface area contributed by atoms with Crippen LogP contribution in [0, 0.1) is 0 Å². The highest BCUT2D eigenvalue weighted by atomic mass is 31.2. The molecular formula is C23H49N2O6P. The van der Waals surface area contributed by atoms with Gasteiger partial charge in [0.2, 0.25) is 0 Å². The lowest BCUT2D eigenvalue weighted by atomic mass is 10.0. The van der Waals surface area contributed by atoms with Gasteiger partial charge in [-0.2, -0.15) is 0 Å². The Balaban J connectivity index is 4.14. The summed E-state index contributed by atoms with van der Waals surface area (Å²) in [7, 11) is 2.85. The van der Waals surface area contributed by atoms with Gasteiger partial charge in [0.15, 0.2) is 0 Å². The summed E-state index contributed by atoms with van der Waals surface area (Å²) in [5, 5.41) is 2.35. The summed E-state index contributed by atoms with van der Waals surface area (Å²) < 4.78 is 28.0. The number of ether oxygens (including phenoxy) is 1. The number of hydrogen-bond donors (Lipinski definition) is 1. The molecule has 0 aromatic heterocycles. The number of likely N-dealkylation sites (N-methyl/N-ethyl adjacent to an activating group) is 1. The van der Waals surface area contributed by atoms with Crippen molar-refractivity contribution in [2.45, 2.75) is 96.5 Å². The second-order valence-electron chi connectivity index (χ2n) is 9.55. The Morgan fingerprint density at radius 3 is 1.91 bits per heavy atom. The highest BCUT2D eigenvalue weighted by molar-refractivity contribution is 7.45. The molecule has 8 nitrogen and oxygen atoms in total. The Kier molecular flexibility index (Phi) is 18.3. The van der Waals surface area contributed by atoms with Crippen LogP contribution in [0.25, 0.3) is 0 Å². The average molecular weight is 481 g/mol. The molecule has 0 radical (unpaired) electrons. The van der Waals surface area contributed by atoms with Crippen molar-refractivity contribution < 1.29 is 32.5 Å². The lowest BCUT2D eigenvalue weighted by Crippen LogP contribution is -2.37. The Bertz CT molecular complexity index is 513. The van der Waals surface area contributed by atoms with E-state index in [2.05, 4.69) is 12.2 Å². The Hall–Kier alpha value is -0.660.